The van der Waals surface area contributed by atoms with Crippen LogP contribution in [0.15, 0.2) is 83.5 Å². The number of halogens is 2. The molecule has 0 saturated heterocycles. The van der Waals surface area contributed by atoms with Gasteiger partial charge >= 0.3 is 5.97 Å². The van der Waals surface area contributed by atoms with Gasteiger partial charge in [0.15, 0.2) is 0 Å². The SMILES string of the molecule is O=C(O)c1ccc(-n2cc(CNc3cccc(Br)c3)c(-c3ccc(F)cc3)n2)cc1. The number of nitrogens with one attached hydrogen (secondary N) is 1. The van der Waals surface area contributed by atoms with E-state index in [0.29, 0.717) is 6.54 Å². The van der Waals surface area contributed by atoms with Gasteiger partial charge in [0.05, 0.1) is 16.9 Å². The number of carboxylic acid groups (broad SMARTS) is 1. The molecule has 1 aromatic heterocycles. The van der Waals surface area contributed by atoms with Crippen molar-refractivity contribution in [3.05, 3.63) is 100 Å². The molecule has 5 nitrogen and oxygen atoms in total. The van der Waals surface area contributed by atoms with Gasteiger partial charge in [-0.25, -0.2) is 13.9 Å². The molecule has 0 saturated carbocycles. The molecule has 0 atom stereocenters. The average molecular weight is 466 g/mol. The third kappa shape index (κ3) is 4.41. The molecular weight excluding hydrogens is 449 g/mol. The summed E-state index contributed by atoms with van der Waals surface area (Å²) in [5, 5.41) is 17.2. The fourth-order valence-corrected chi connectivity index (χ4v) is 3.47. The standard InChI is InChI=1S/C23H17BrFN3O2/c24-18-2-1-3-20(12-18)26-13-17-14-28(21-10-6-16(7-11-21)23(29)30)27-22(17)15-4-8-19(25)9-5-15/h1-12,14,26H,13H2,(H,29,30). The summed E-state index contributed by atoms with van der Waals surface area (Å²) in [6.45, 7) is 0.510. The van der Waals surface area contributed by atoms with Gasteiger partial charge in [-0.3, -0.25) is 0 Å². The molecule has 0 spiro atoms. The smallest absolute Gasteiger partial charge is 0.335 e. The number of benzene rings is 3. The molecule has 2 N–H and O–H groups in total. The Labute approximate surface area is 180 Å². The fourth-order valence-electron chi connectivity index (χ4n) is 3.07. The lowest BCUT2D eigenvalue weighted by Crippen LogP contribution is -2.00. The molecule has 0 radical (unpaired) electrons. The first-order valence-electron chi connectivity index (χ1n) is 9.17. The Morgan fingerprint density at radius 3 is 2.47 bits per heavy atom. The second-order valence-corrected chi connectivity index (χ2v) is 7.59. The number of nitrogens with zero attached hydrogens (tertiary/aromatic N) is 2. The third-order valence-corrected chi connectivity index (χ3v) is 5.09. The molecule has 0 aliphatic rings. The minimum Gasteiger partial charge on any atom is -0.478 e. The number of rotatable bonds is 6. The van der Waals surface area contributed by atoms with E-state index in [-0.39, 0.29) is 11.4 Å². The van der Waals surface area contributed by atoms with Crippen LogP contribution in [-0.2, 0) is 6.54 Å². The molecule has 3 aromatic carbocycles. The molecule has 150 valence electrons. The molecule has 0 aliphatic carbocycles. The van der Waals surface area contributed by atoms with Gasteiger partial charge in [-0.1, -0.05) is 22.0 Å². The van der Waals surface area contributed by atoms with Gasteiger partial charge in [0.2, 0.25) is 0 Å². The lowest BCUT2D eigenvalue weighted by molar-refractivity contribution is 0.0697. The predicted octanol–water partition coefficient (Wildman–Crippen LogP) is 5.75. The zero-order chi connectivity index (χ0) is 21.1. The molecule has 0 aliphatic heterocycles. The van der Waals surface area contributed by atoms with Crippen LogP contribution in [0.5, 0.6) is 0 Å². The van der Waals surface area contributed by atoms with Gasteiger partial charge in [-0.2, -0.15) is 5.10 Å². The maximum absolute atomic E-state index is 13.4. The number of anilines is 1. The summed E-state index contributed by atoms with van der Waals surface area (Å²) in [4.78, 5) is 11.1. The van der Waals surface area contributed by atoms with E-state index < -0.39 is 5.97 Å². The van der Waals surface area contributed by atoms with Crippen molar-refractivity contribution in [1.29, 1.82) is 0 Å². The first kappa shape index (κ1) is 19.8. The summed E-state index contributed by atoms with van der Waals surface area (Å²) in [5.74, 6) is -1.29. The van der Waals surface area contributed by atoms with Crippen molar-refractivity contribution in [1.82, 2.24) is 9.78 Å². The highest BCUT2D eigenvalue weighted by Crippen LogP contribution is 2.26. The summed E-state index contributed by atoms with van der Waals surface area (Å²) in [6, 6.07) is 20.5. The Morgan fingerprint density at radius 2 is 1.80 bits per heavy atom. The second kappa shape index (κ2) is 8.51. The lowest BCUT2D eigenvalue weighted by Gasteiger charge is -2.07. The number of aromatic carboxylic acids is 1. The highest BCUT2D eigenvalue weighted by Gasteiger charge is 2.13. The van der Waals surface area contributed by atoms with Crippen LogP contribution in [0.4, 0.5) is 10.1 Å². The number of carbonyl (C=O) groups is 1. The summed E-state index contributed by atoms with van der Waals surface area (Å²) >= 11 is 3.46. The number of aromatic nitrogens is 2. The Morgan fingerprint density at radius 1 is 1.07 bits per heavy atom. The molecule has 0 fully saturated rings. The van der Waals surface area contributed by atoms with E-state index in [1.165, 1.54) is 24.3 Å². The van der Waals surface area contributed by atoms with E-state index >= 15 is 0 Å². The Kier molecular flexibility index (Phi) is 5.63. The Hall–Kier alpha value is -3.45. The van der Waals surface area contributed by atoms with Crippen molar-refractivity contribution in [3.63, 3.8) is 0 Å². The van der Waals surface area contributed by atoms with Crippen molar-refractivity contribution in [2.45, 2.75) is 6.54 Å². The summed E-state index contributed by atoms with van der Waals surface area (Å²) in [6.07, 6.45) is 1.89. The van der Waals surface area contributed by atoms with Gasteiger partial charge < -0.3 is 10.4 Å². The van der Waals surface area contributed by atoms with Crippen molar-refractivity contribution in [3.8, 4) is 16.9 Å². The van der Waals surface area contributed by atoms with Crippen molar-refractivity contribution in [2.24, 2.45) is 0 Å². The molecule has 30 heavy (non-hydrogen) atoms. The van der Waals surface area contributed by atoms with Crippen LogP contribution in [-0.4, -0.2) is 20.9 Å². The monoisotopic (exact) mass is 465 g/mol. The summed E-state index contributed by atoms with van der Waals surface area (Å²) < 4.78 is 16.1. The molecule has 4 aromatic rings. The molecule has 4 rings (SSSR count). The zero-order valence-electron chi connectivity index (χ0n) is 15.7. The highest BCUT2D eigenvalue weighted by molar-refractivity contribution is 9.10. The maximum Gasteiger partial charge on any atom is 0.335 e. The van der Waals surface area contributed by atoms with Crippen LogP contribution >= 0.6 is 15.9 Å². The fraction of sp³-hybridized carbons (Fsp3) is 0.0435. The van der Waals surface area contributed by atoms with E-state index in [9.17, 15) is 9.18 Å². The Bertz CT molecular complexity index is 1190. The van der Waals surface area contributed by atoms with Crippen LogP contribution in [0.1, 0.15) is 15.9 Å². The number of hydrogen-bond acceptors (Lipinski definition) is 3. The summed E-state index contributed by atoms with van der Waals surface area (Å²) in [5.41, 5.74) is 4.33. The third-order valence-electron chi connectivity index (χ3n) is 4.59. The average Bonchev–Trinajstić information content (AvgIpc) is 3.17. The molecule has 0 bridgehead atoms. The molecule has 1 heterocycles. The topological polar surface area (TPSA) is 67.2 Å². The molecule has 0 amide bonds. The minimum atomic E-state index is -0.979. The van der Waals surface area contributed by atoms with E-state index in [4.69, 9.17) is 5.11 Å². The second-order valence-electron chi connectivity index (χ2n) is 6.67. The quantitative estimate of drug-likeness (QED) is 0.380. The van der Waals surface area contributed by atoms with Crippen molar-refractivity contribution < 1.29 is 14.3 Å². The van der Waals surface area contributed by atoms with E-state index in [1.807, 2.05) is 30.5 Å². The molecule has 7 heteroatoms. The summed E-state index contributed by atoms with van der Waals surface area (Å²) in [7, 11) is 0. The van der Waals surface area contributed by atoms with Crippen LogP contribution in [0.25, 0.3) is 16.9 Å². The van der Waals surface area contributed by atoms with Gasteiger partial charge in [0, 0.05) is 34.0 Å². The first-order chi connectivity index (χ1) is 14.5. The van der Waals surface area contributed by atoms with Crippen LogP contribution in [0, 0.1) is 5.82 Å². The van der Waals surface area contributed by atoms with E-state index in [1.54, 1.807) is 28.9 Å². The van der Waals surface area contributed by atoms with Gasteiger partial charge in [0.25, 0.3) is 0 Å². The number of carboxylic acids is 1. The zero-order valence-corrected chi connectivity index (χ0v) is 17.3. The first-order valence-corrected chi connectivity index (χ1v) is 9.96. The maximum atomic E-state index is 13.4. The minimum absolute atomic E-state index is 0.209. The van der Waals surface area contributed by atoms with Crippen LogP contribution < -0.4 is 5.32 Å². The van der Waals surface area contributed by atoms with Crippen LogP contribution in [0.2, 0.25) is 0 Å². The van der Waals surface area contributed by atoms with E-state index in [0.717, 1.165) is 32.7 Å². The van der Waals surface area contributed by atoms with Gasteiger partial charge in [-0.05, 0) is 66.7 Å². The predicted molar refractivity (Wildman–Crippen MR) is 117 cm³/mol. The van der Waals surface area contributed by atoms with Crippen LogP contribution in [0.3, 0.4) is 0 Å². The number of hydrogen-bond donors (Lipinski definition) is 2. The molecular formula is C23H17BrFN3O2. The normalized spacial score (nSPS) is 10.7. The largest absolute Gasteiger partial charge is 0.478 e. The van der Waals surface area contributed by atoms with Gasteiger partial charge in [0.1, 0.15) is 5.82 Å². The van der Waals surface area contributed by atoms with Gasteiger partial charge in [-0.15, -0.1) is 0 Å². The van der Waals surface area contributed by atoms with Crippen molar-refractivity contribution >= 4 is 27.6 Å². The lowest BCUT2D eigenvalue weighted by atomic mass is 10.1. The van der Waals surface area contributed by atoms with E-state index in [2.05, 4.69) is 26.3 Å². The highest BCUT2D eigenvalue weighted by atomic mass is 79.9. The van der Waals surface area contributed by atoms with Crippen molar-refractivity contribution in [2.75, 3.05) is 5.32 Å². The Balaban J connectivity index is 1.69. The molecule has 0 unspecified atom stereocenters.